The molecule has 1 fully saturated rings. The molecule has 6 heteroatoms. The molecule has 6 nitrogen and oxygen atoms in total. The van der Waals surface area contributed by atoms with Gasteiger partial charge in [0.15, 0.2) is 0 Å². The summed E-state index contributed by atoms with van der Waals surface area (Å²) in [5, 5.41) is 2.89. The summed E-state index contributed by atoms with van der Waals surface area (Å²) in [6.45, 7) is 0.713. The summed E-state index contributed by atoms with van der Waals surface area (Å²) in [5.41, 5.74) is 2.73. The number of hydrogen-bond acceptors (Lipinski definition) is 4. The average molecular weight is 380 g/mol. The normalized spacial score (nSPS) is 20.1. The minimum Gasteiger partial charge on any atom is -0.497 e. The highest BCUT2D eigenvalue weighted by Crippen LogP contribution is 2.43. The third kappa shape index (κ3) is 3.42. The standard InChI is InChI=1S/C22H24N2O4/c1-27-15-9-10-20(28-2)18(12-15)23-21(25)16-13-17(16)22(26)24-11-5-7-14-6-3-4-8-19(14)24/h3-4,6,8-10,12,16-17H,5,7,11,13H2,1-2H3,(H,23,25). The number of rotatable bonds is 5. The number of aryl methyl sites for hydroxylation is 1. The lowest BCUT2D eigenvalue weighted by Gasteiger charge is -2.29. The minimum atomic E-state index is -0.308. The maximum atomic E-state index is 13.0. The second kappa shape index (κ2) is 7.54. The predicted octanol–water partition coefficient (Wildman–Crippen LogP) is 3.26. The molecule has 2 atom stereocenters. The smallest absolute Gasteiger partial charge is 0.230 e. The summed E-state index contributed by atoms with van der Waals surface area (Å²) in [4.78, 5) is 27.6. The Bertz CT molecular complexity index is 911. The van der Waals surface area contributed by atoms with E-state index in [1.807, 2.05) is 23.1 Å². The number of amides is 2. The third-order valence-corrected chi connectivity index (χ3v) is 5.49. The van der Waals surface area contributed by atoms with E-state index < -0.39 is 0 Å². The van der Waals surface area contributed by atoms with Crippen LogP contribution in [0.4, 0.5) is 11.4 Å². The molecule has 1 N–H and O–H groups in total. The zero-order valence-corrected chi connectivity index (χ0v) is 16.1. The van der Waals surface area contributed by atoms with E-state index in [-0.39, 0.29) is 23.7 Å². The lowest BCUT2D eigenvalue weighted by atomic mass is 10.0. The maximum Gasteiger partial charge on any atom is 0.230 e. The van der Waals surface area contributed by atoms with E-state index in [4.69, 9.17) is 9.47 Å². The van der Waals surface area contributed by atoms with Crippen LogP contribution < -0.4 is 19.7 Å². The first kappa shape index (κ1) is 18.3. The molecule has 1 heterocycles. The molecule has 0 bridgehead atoms. The molecular weight excluding hydrogens is 356 g/mol. The minimum absolute atomic E-state index is 0.0462. The van der Waals surface area contributed by atoms with Crippen molar-refractivity contribution in [2.45, 2.75) is 19.3 Å². The Balaban J connectivity index is 1.45. The molecule has 0 saturated heterocycles. The number of para-hydroxylation sites is 1. The third-order valence-electron chi connectivity index (χ3n) is 5.49. The number of benzene rings is 2. The van der Waals surface area contributed by atoms with Crippen molar-refractivity contribution < 1.29 is 19.1 Å². The van der Waals surface area contributed by atoms with Crippen LogP contribution in [0.25, 0.3) is 0 Å². The van der Waals surface area contributed by atoms with Gasteiger partial charge in [-0.05, 0) is 43.0 Å². The van der Waals surface area contributed by atoms with Gasteiger partial charge in [0.05, 0.1) is 31.7 Å². The molecule has 2 aromatic carbocycles. The molecule has 1 aliphatic carbocycles. The number of nitrogens with one attached hydrogen (secondary N) is 1. The largest absolute Gasteiger partial charge is 0.497 e. The van der Waals surface area contributed by atoms with E-state index in [1.165, 1.54) is 5.56 Å². The molecule has 0 radical (unpaired) electrons. The molecule has 1 saturated carbocycles. The predicted molar refractivity (Wildman–Crippen MR) is 107 cm³/mol. The summed E-state index contributed by atoms with van der Waals surface area (Å²) >= 11 is 0. The van der Waals surface area contributed by atoms with Crippen molar-refractivity contribution in [3.05, 3.63) is 48.0 Å². The van der Waals surface area contributed by atoms with E-state index in [1.54, 1.807) is 32.4 Å². The number of ether oxygens (including phenoxy) is 2. The SMILES string of the molecule is COc1ccc(OC)c(NC(=O)C2CC2C(=O)N2CCCc3ccccc32)c1. The molecule has 28 heavy (non-hydrogen) atoms. The highest BCUT2D eigenvalue weighted by atomic mass is 16.5. The van der Waals surface area contributed by atoms with Crippen molar-refractivity contribution in [2.24, 2.45) is 11.8 Å². The van der Waals surface area contributed by atoms with Gasteiger partial charge in [-0.15, -0.1) is 0 Å². The Morgan fingerprint density at radius 1 is 1.07 bits per heavy atom. The van der Waals surface area contributed by atoms with Crippen LogP contribution in [0.2, 0.25) is 0 Å². The molecule has 2 amide bonds. The fourth-order valence-corrected chi connectivity index (χ4v) is 3.86. The lowest BCUT2D eigenvalue weighted by molar-refractivity contribution is -0.123. The van der Waals surface area contributed by atoms with Gasteiger partial charge in [-0.2, -0.15) is 0 Å². The topological polar surface area (TPSA) is 67.9 Å². The molecule has 146 valence electrons. The molecule has 1 aliphatic heterocycles. The fourth-order valence-electron chi connectivity index (χ4n) is 3.86. The van der Waals surface area contributed by atoms with E-state index >= 15 is 0 Å². The molecule has 2 unspecified atom stereocenters. The van der Waals surface area contributed by atoms with Gasteiger partial charge in [-0.25, -0.2) is 0 Å². The van der Waals surface area contributed by atoms with Crippen molar-refractivity contribution in [1.82, 2.24) is 0 Å². The highest BCUT2D eigenvalue weighted by Gasteiger charge is 2.50. The first-order valence-corrected chi connectivity index (χ1v) is 9.54. The highest BCUT2D eigenvalue weighted by molar-refractivity contribution is 6.05. The molecule has 4 rings (SSSR count). The van der Waals surface area contributed by atoms with Crippen molar-refractivity contribution in [2.75, 3.05) is 31.0 Å². The first-order valence-electron chi connectivity index (χ1n) is 9.54. The van der Waals surface area contributed by atoms with Gasteiger partial charge in [0.25, 0.3) is 0 Å². The van der Waals surface area contributed by atoms with Crippen LogP contribution in [0.3, 0.4) is 0 Å². The first-order chi connectivity index (χ1) is 13.6. The van der Waals surface area contributed by atoms with E-state index in [2.05, 4.69) is 11.4 Å². The summed E-state index contributed by atoms with van der Waals surface area (Å²) in [7, 11) is 3.12. The molecule has 0 aromatic heterocycles. The van der Waals surface area contributed by atoms with Gasteiger partial charge in [0.2, 0.25) is 11.8 Å². The van der Waals surface area contributed by atoms with Gasteiger partial charge in [0, 0.05) is 18.3 Å². The van der Waals surface area contributed by atoms with Crippen LogP contribution in [0.5, 0.6) is 11.5 Å². The number of nitrogens with zero attached hydrogens (tertiary/aromatic N) is 1. The number of carbonyl (C=O) groups excluding carboxylic acids is 2. The Morgan fingerprint density at radius 2 is 1.89 bits per heavy atom. The number of anilines is 2. The lowest BCUT2D eigenvalue weighted by Crippen LogP contribution is -2.37. The quantitative estimate of drug-likeness (QED) is 0.865. The second-order valence-corrected chi connectivity index (χ2v) is 7.23. The number of carbonyl (C=O) groups is 2. The van der Waals surface area contributed by atoms with Crippen LogP contribution in [0.1, 0.15) is 18.4 Å². The van der Waals surface area contributed by atoms with Crippen molar-refractivity contribution in [1.29, 1.82) is 0 Å². The maximum absolute atomic E-state index is 13.0. The van der Waals surface area contributed by atoms with Gasteiger partial charge in [-0.3, -0.25) is 9.59 Å². The Labute approximate surface area is 164 Å². The number of hydrogen-bond donors (Lipinski definition) is 1. The molecular formula is C22H24N2O4. The van der Waals surface area contributed by atoms with Crippen LogP contribution >= 0.6 is 0 Å². The van der Waals surface area contributed by atoms with Gasteiger partial charge in [0.1, 0.15) is 11.5 Å². The summed E-state index contributed by atoms with van der Waals surface area (Å²) in [5.74, 6) is 0.507. The van der Waals surface area contributed by atoms with Crippen LogP contribution in [0.15, 0.2) is 42.5 Å². The summed E-state index contributed by atoms with van der Waals surface area (Å²) < 4.78 is 10.5. The van der Waals surface area contributed by atoms with E-state index in [9.17, 15) is 9.59 Å². The van der Waals surface area contributed by atoms with Crippen LogP contribution in [-0.4, -0.2) is 32.6 Å². The van der Waals surface area contributed by atoms with E-state index in [0.29, 0.717) is 30.2 Å². The summed E-state index contributed by atoms with van der Waals surface area (Å²) in [6.07, 6.45) is 2.52. The fraction of sp³-hybridized carbons (Fsp3) is 0.364. The monoisotopic (exact) mass is 380 g/mol. The number of fused-ring (bicyclic) bond motifs is 1. The average Bonchev–Trinajstić information content (AvgIpc) is 3.54. The Hall–Kier alpha value is -3.02. The van der Waals surface area contributed by atoms with Crippen LogP contribution in [0, 0.1) is 11.8 Å². The Kier molecular flexibility index (Phi) is 4.94. The molecule has 0 spiro atoms. The summed E-state index contributed by atoms with van der Waals surface area (Å²) in [6, 6.07) is 13.3. The van der Waals surface area contributed by atoms with Gasteiger partial charge < -0.3 is 19.7 Å². The second-order valence-electron chi connectivity index (χ2n) is 7.23. The van der Waals surface area contributed by atoms with Crippen LogP contribution in [-0.2, 0) is 16.0 Å². The van der Waals surface area contributed by atoms with Gasteiger partial charge >= 0.3 is 0 Å². The molecule has 2 aromatic rings. The van der Waals surface area contributed by atoms with E-state index in [0.717, 1.165) is 18.5 Å². The van der Waals surface area contributed by atoms with Crippen molar-refractivity contribution in [3.8, 4) is 11.5 Å². The Morgan fingerprint density at radius 3 is 2.68 bits per heavy atom. The zero-order chi connectivity index (χ0) is 19.7. The zero-order valence-electron chi connectivity index (χ0n) is 16.1. The number of methoxy groups -OCH3 is 2. The molecule has 2 aliphatic rings. The van der Waals surface area contributed by atoms with Gasteiger partial charge in [-0.1, -0.05) is 18.2 Å². The van der Waals surface area contributed by atoms with Crippen molar-refractivity contribution in [3.63, 3.8) is 0 Å². The van der Waals surface area contributed by atoms with Crippen molar-refractivity contribution >= 4 is 23.2 Å².